The standard InChI is InChI=1S/C27H29N5O3/c1-18-4-2-5-19(10-18)11-25(33)30-22-15-29-32(17-22)24-7-3-6-21(13-24)27(35)28-14-20-12-26(34)31(16-20)23-8-9-23/h2-7,10,13,15,17,20,23H,8-9,11-12,14,16H2,1H3,(H,28,35)(H,30,33). The van der Waals surface area contributed by atoms with Gasteiger partial charge in [0, 0.05) is 37.0 Å². The second-order valence-corrected chi connectivity index (χ2v) is 9.50. The predicted molar refractivity (Wildman–Crippen MR) is 132 cm³/mol. The fourth-order valence-corrected chi connectivity index (χ4v) is 4.55. The molecular weight excluding hydrogens is 442 g/mol. The molecule has 1 atom stereocenters. The Labute approximate surface area is 204 Å². The highest BCUT2D eigenvalue weighted by atomic mass is 16.2. The summed E-state index contributed by atoms with van der Waals surface area (Å²) in [5, 5.41) is 10.2. The molecule has 8 heteroatoms. The van der Waals surface area contributed by atoms with Crippen LogP contribution in [-0.2, 0) is 16.0 Å². The van der Waals surface area contributed by atoms with Crippen molar-refractivity contribution in [2.75, 3.05) is 18.4 Å². The number of rotatable bonds is 8. The van der Waals surface area contributed by atoms with E-state index in [1.165, 1.54) is 0 Å². The third kappa shape index (κ3) is 5.59. The number of aromatic nitrogens is 2. The first kappa shape index (κ1) is 22.8. The van der Waals surface area contributed by atoms with Crippen molar-refractivity contribution in [1.82, 2.24) is 20.0 Å². The zero-order valence-electron chi connectivity index (χ0n) is 19.7. The fourth-order valence-electron chi connectivity index (χ4n) is 4.55. The number of likely N-dealkylation sites (tertiary alicyclic amines) is 1. The molecule has 1 saturated heterocycles. The number of nitrogens with one attached hydrogen (secondary N) is 2. The van der Waals surface area contributed by atoms with Gasteiger partial charge in [0.1, 0.15) is 0 Å². The van der Waals surface area contributed by atoms with E-state index in [0.717, 1.165) is 30.5 Å². The second-order valence-electron chi connectivity index (χ2n) is 9.50. The van der Waals surface area contributed by atoms with Gasteiger partial charge in [0.15, 0.2) is 0 Å². The number of anilines is 1. The number of carbonyl (C=O) groups is 3. The Bertz CT molecular complexity index is 1260. The molecule has 2 aromatic carbocycles. The van der Waals surface area contributed by atoms with Gasteiger partial charge in [-0.3, -0.25) is 14.4 Å². The van der Waals surface area contributed by atoms with Gasteiger partial charge in [-0.05, 0) is 43.5 Å². The van der Waals surface area contributed by atoms with E-state index in [1.54, 1.807) is 35.3 Å². The number of hydrogen-bond donors (Lipinski definition) is 2. The Kier molecular flexibility index (Phi) is 6.35. The molecule has 1 saturated carbocycles. The van der Waals surface area contributed by atoms with Crippen LogP contribution in [0.25, 0.3) is 5.69 Å². The summed E-state index contributed by atoms with van der Waals surface area (Å²) < 4.78 is 1.63. The van der Waals surface area contributed by atoms with Gasteiger partial charge in [-0.25, -0.2) is 4.68 Å². The first-order chi connectivity index (χ1) is 16.9. The Morgan fingerprint density at radius 3 is 2.74 bits per heavy atom. The summed E-state index contributed by atoms with van der Waals surface area (Å²) in [5.74, 6) is 0.0680. The number of hydrogen-bond acceptors (Lipinski definition) is 4. The number of nitrogens with zero attached hydrogens (tertiary/aromatic N) is 3. The molecule has 0 radical (unpaired) electrons. The van der Waals surface area contributed by atoms with E-state index in [2.05, 4.69) is 15.7 Å². The smallest absolute Gasteiger partial charge is 0.251 e. The molecule has 2 fully saturated rings. The van der Waals surface area contributed by atoms with Crippen LogP contribution in [0.4, 0.5) is 5.69 Å². The monoisotopic (exact) mass is 471 g/mol. The second kappa shape index (κ2) is 9.74. The number of aryl methyl sites for hydroxylation is 1. The third-order valence-corrected chi connectivity index (χ3v) is 6.46. The van der Waals surface area contributed by atoms with Gasteiger partial charge in [-0.15, -0.1) is 0 Å². The zero-order chi connectivity index (χ0) is 24.4. The first-order valence-corrected chi connectivity index (χ1v) is 12.0. The summed E-state index contributed by atoms with van der Waals surface area (Å²) in [6.45, 7) is 3.21. The molecule has 1 unspecified atom stereocenters. The fraction of sp³-hybridized carbons (Fsp3) is 0.333. The molecule has 5 rings (SSSR count). The van der Waals surface area contributed by atoms with Crippen molar-refractivity contribution in [1.29, 1.82) is 0 Å². The average Bonchev–Trinajstić information content (AvgIpc) is 3.46. The van der Waals surface area contributed by atoms with Crippen LogP contribution < -0.4 is 10.6 Å². The summed E-state index contributed by atoms with van der Waals surface area (Å²) in [6, 6.07) is 15.5. The van der Waals surface area contributed by atoms with E-state index in [-0.39, 0.29) is 30.1 Å². The molecule has 1 aliphatic heterocycles. The van der Waals surface area contributed by atoms with Gasteiger partial charge in [0.2, 0.25) is 11.8 Å². The van der Waals surface area contributed by atoms with Gasteiger partial charge < -0.3 is 15.5 Å². The van der Waals surface area contributed by atoms with Crippen LogP contribution in [0.3, 0.4) is 0 Å². The van der Waals surface area contributed by atoms with E-state index in [4.69, 9.17) is 0 Å². The third-order valence-electron chi connectivity index (χ3n) is 6.46. The molecule has 8 nitrogen and oxygen atoms in total. The van der Waals surface area contributed by atoms with Crippen LogP contribution in [0.5, 0.6) is 0 Å². The predicted octanol–water partition coefficient (Wildman–Crippen LogP) is 3.10. The summed E-state index contributed by atoms with van der Waals surface area (Å²) in [7, 11) is 0. The van der Waals surface area contributed by atoms with Crippen molar-refractivity contribution in [3.63, 3.8) is 0 Å². The minimum Gasteiger partial charge on any atom is -0.352 e. The minimum absolute atomic E-state index is 0.117. The van der Waals surface area contributed by atoms with Crippen molar-refractivity contribution < 1.29 is 14.4 Å². The molecule has 180 valence electrons. The SMILES string of the molecule is Cc1cccc(CC(=O)Nc2cnn(-c3cccc(C(=O)NCC4CC(=O)N(C5CC5)C4)c3)c2)c1. The lowest BCUT2D eigenvalue weighted by molar-refractivity contribution is -0.128. The molecule has 1 aromatic heterocycles. The normalized spacial score (nSPS) is 17.5. The summed E-state index contributed by atoms with van der Waals surface area (Å²) in [5.41, 5.74) is 3.89. The van der Waals surface area contributed by atoms with E-state index >= 15 is 0 Å². The van der Waals surface area contributed by atoms with Crippen LogP contribution in [-0.4, -0.2) is 51.5 Å². The van der Waals surface area contributed by atoms with E-state index in [9.17, 15) is 14.4 Å². The van der Waals surface area contributed by atoms with Crippen molar-refractivity contribution in [2.24, 2.45) is 5.92 Å². The Balaban J connectivity index is 1.17. The molecule has 0 spiro atoms. The molecule has 3 amide bonds. The van der Waals surface area contributed by atoms with Gasteiger partial charge in [-0.1, -0.05) is 35.9 Å². The van der Waals surface area contributed by atoms with Gasteiger partial charge in [0.25, 0.3) is 5.91 Å². The highest BCUT2D eigenvalue weighted by Crippen LogP contribution is 2.32. The maximum Gasteiger partial charge on any atom is 0.251 e. The minimum atomic E-state index is -0.178. The van der Waals surface area contributed by atoms with Crippen LogP contribution in [0.2, 0.25) is 0 Å². The number of benzene rings is 2. The lowest BCUT2D eigenvalue weighted by Gasteiger charge is -2.15. The zero-order valence-corrected chi connectivity index (χ0v) is 19.7. The molecular formula is C27H29N5O3. The Morgan fingerprint density at radius 1 is 1.11 bits per heavy atom. The summed E-state index contributed by atoms with van der Waals surface area (Å²) in [4.78, 5) is 39.3. The quantitative estimate of drug-likeness (QED) is 0.528. The summed E-state index contributed by atoms with van der Waals surface area (Å²) >= 11 is 0. The van der Waals surface area contributed by atoms with E-state index in [0.29, 0.717) is 35.9 Å². The topological polar surface area (TPSA) is 96.3 Å². The number of carbonyl (C=O) groups excluding carboxylic acids is 3. The molecule has 3 aromatic rings. The Hall–Kier alpha value is -3.94. The van der Waals surface area contributed by atoms with Gasteiger partial charge in [-0.2, -0.15) is 5.10 Å². The van der Waals surface area contributed by atoms with E-state index in [1.807, 2.05) is 42.2 Å². The van der Waals surface area contributed by atoms with Crippen molar-refractivity contribution in [3.05, 3.63) is 77.6 Å². The highest BCUT2D eigenvalue weighted by molar-refractivity contribution is 5.95. The number of amides is 3. The molecule has 2 aliphatic rings. The lowest BCUT2D eigenvalue weighted by Crippen LogP contribution is -2.32. The maximum absolute atomic E-state index is 12.7. The molecule has 2 N–H and O–H groups in total. The van der Waals surface area contributed by atoms with Crippen molar-refractivity contribution >= 4 is 23.4 Å². The van der Waals surface area contributed by atoms with Crippen LogP contribution in [0.15, 0.2) is 60.9 Å². The van der Waals surface area contributed by atoms with E-state index < -0.39 is 0 Å². The van der Waals surface area contributed by atoms with Crippen molar-refractivity contribution in [3.8, 4) is 5.69 Å². The molecule has 2 heterocycles. The largest absolute Gasteiger partial charge is 0.352 e. The Morgan fingerprint density at radius 2 is 1.94 bits per heavy atom. The summed E-state index contributed by atoms with van der Waals surface area (Å²) in [6.07, 6.45) is 6.30. The van der Waals surface area contributed by atoms with Gasteiger partial charge in [0.05, 0.1) is 30.2 Å². The maximum atomic E-state index is 12.7. The lowest BCUT2D eigenvalue weighted by atomic mass is 10.1. The molecule has 0 bridgehead atoms. The molecule has 35 heavy (non-hydrogen) atoms. The van der Waals surface area contributed by atoms with Crippen LogP contribution in [0.1, 0.15) is 40.7 Å². The van der Waals surface area contributed by atoms with Crippen molar-refractivity contribution in [2.45, 2.75) is 38.6 Å². The van der Waals surface area contributed by atoms with Crippen LogP contribution in [0, 0.1) is 12.8 Å². The first-order valence-electron chi connectivity index (χ1n) is 12.0. The van der Waals surface area contributed by atoms with Crippen LogP contribution >= 0.6 is 0 Å². The average molecular weight is 472 g/mol. The highest BCUT2D eigenvalue weighted by Gasteiger charge is 2.39. The van der Waals surface area contributed by atoms with Gasteiger partial charge >= 0.3 is 0 Å². The molecule has 1 aliphatic carbocycles.